The molecule has 1 aliphatic rings. The van der Waals surface area contributed by atoms with Crippen LogP contribution in [0.5, 0.6) is 0 Å². The van der Waals surface area contributed by atoms with E-state index in [1.54, 1.807) is 10.6 Å². The quantitative estimate of drug-likeness (QED) is 0.814. The largest absolute Gasteiger partial charge is 0.389 e. The molecular weight excluding hydrogens is 236 g/mol. The van der Waals surface area contributed by atoms with Gasteiger partial charge in [0.25, 0.3) is 5.56 Å². The Kier molecular flexibility index (Phi) is 3.59. The first-order valence-electron chi connectivity index (χ1n) is 5.71. The zero-order valence-corrected chi connectivity index (χ0v) is 10.6. The minimum atomic E-state index is -0.118. The van der Waals surface area contributed by atoms with Crippen LogP contribution in [0.1, 0.15) is 24.1 Å². The molecule has 0 amide bonds. The summed E-state index contributed by atoms with van der Waals surface area (Å²) in [6.07, 6.45) is 2.20. The van der Waals surface area contributed by atoms with Crippen molar-refractivity contribution in [2.24, 2.45) is 5.73 Å². The van der Waals surface area contributed by atoms with Crippen LogP contribution in [0.2, 0.25) is 0 Å². The summed E-state index contributed by atoms with van der Waals surface area (Å²) in [7, 11) is 0. The highest BCUT2D eigenvalue weighted by Crippen LogP contribution is 2.14. The molecule has 17 heavy (non-hydrogen) atoms. The number of thiocarbonyl (C=S) groups is 1. The second-order valence-corrected chi connectivity index (χ2v) is 4.74. The Balaban J connectivity index is 2.34. The second kappa shape index (κ2) is 4.98. The highest BCUT2D eigenvalue weighted by molar-refractivity contribution is 7.80. The fourth-order valence-corrected chi connectivity index (χ4v) is 2.23. The highest BCUT2D eigenvalue weighted by atomic mass is 32.1. The Bertz CT molecular complexity index is 490. The molecule has 0 spiro atoms. The lowest BCUT2D eigenvalue weighted by Crippen LogP contribution is -2.33. The number of ether oxygens (including phenoxy) is 1. The summed E-state index contributed by atoms with van der Waals surface area (Å²) in [6, 6.07) is 3.55. The van der Waals surface area contributed by atoms with E-state index < -0.39 is 0 Å². The number of hydrogen-bond donors (Lipinski definition) is 1. The molecule has 2 rings (SSSR count). The standard InChI is InChI=1S/C12H16N2O2S/c1-8-4-5-10(11(13)17)12(15)14(8)7-9-3-2-6-16-9/h4-5,9H,2-3,6-7H2,1H3,(H2,13,17). The zero-order valence-electron chi connectivity index (χ0n) is 9.81. The fourth-order valence-electron chi connectivity index (χ4n) is 2.08. The molecule has 1 unspecified atom stereocenters. The number of aryl methyl sites for hydroxylation is 1. The lowest BCUT2D eigenvalue weighted by molar-refractivity contribution is 0.0956. The summed E-state index contributed by atoms with van der Waals surface area (Å²) < 4.78 is 7.24. The molecule has 1 fully saturated rings. The number of hydrogen-bond acceptors (Lipinski definition) is 3. The Labute approximate surface area is 105 Å². The molecule has 92 valence electrons. The maximum Gasteiger partial charge on any atom is 0.261 e. The number of nitrogens with two attached hydrogens (primary N) is 1. The van der Waals surface area contributed by atoms with Gasteiger partial charge in [0.05, 0.1) is 18.2 Å². The van der Waals surface area contributed by atoms with E-state index in [2.05, 4.69) is 0 Å². The van der Waals surface area contributed by atoms with Crippen molar-refractivity contribution in [3.8, 4) is 0 Å². The van der Waals surface area contributed by atoms with E-state index in [0.717, 1.165) is 25.1 Å². The summed E-state index contributed by atoms with van der Waals surface area (Å²) in [5, 5.41) is 0. The van der Waals surface area contributed by atoms with Crippen LogP contribution in [0.4, 0.5) is 0 Å². The average Bonchev–Trinajstić information content (AvgIpc) is 2.76. The molecule has 0 saturated carbocycles. The van der Waals surface area contributed by atoms with Gasteiger partial charge >= 0.3 is 0 Å². The lowest BCUT2D eigenvalue weighted by Gasteiger charge is -2.15. The smallest absolute Gasteiger partial charge is 0.261 e. The minimum Gasteiger partial charge on any atom is -0.389 e. The van der Waals surface area contributed by atoms with Gasteiger partial charge in [-0.2, -0.15) is 0 Å². The van der Waals surface area contributed by atoms with Crippen LogP contribution in [0.15, 0.2) is 16.9 Å². The summed E-state index contributed by atoms with van der Waals surface area (Å²) >= 11 is 4.87. The molecule has 1 aromatic heterocycles. The molecule has 0 radical (unpaired) electrons. The molecule has 1 atom stereocenters. The fraction of sp³-hybridized carbons (Fsp3) is 0.500. The van der Waals surface area contributed by atoms with Crippen molar-refractivity contribution in [3.63, 3.8) is 0 Å². The first-order valence-corrected chi connectivity index (χ1v) is 6.12. The number of pyridine rings is 1. The second-order valence-electron chi connectivity index (χ2n) is 4.30. The van der Waals surface area contributed by atoms with E-state index in [9.17, 15) is 4.79 Å². The predicted octanol–water partition coefficient (Wildman–Crippen LogP) is 0.970. The molecular formula is C12H16N2O2S. The Morgan fingerprint density at radius 1 is 1.65 bits per heavy atom. The number of rotatable bonds is 3. The molecule has 1 saturated heterocycles. The van der Waals surface area contributed by atoms with E-state index in [-0.39, 0.29) is 16.7 Å². The summed E-state index contributed by atoms with van der Waals surface area (Å²) in [4.78, 5) is 12.3. The van der Waals surface area contributed by atoms with Gasteiger partial charge in [0.2, 0.25) is 0 Å². The Morgan fingerprint density at radius 3 is 3.00 bits per heavy atom. The molecule has 0 aromatic carbocycles. The van der Waals surface area contributed by atoms with Crippen molar-refractivity contribution < 1.29 is 4.74 Å². The van der Waals surface area contributed by atoms with Crippen LogP contribution in [0.3, 0.4) is 0 Å². The van der Waals surface area contributed by atoms with E-state index in [0.29, 0.717) is 12.1 Å². The molecule has 1 aromatic rings. The van der Waals surface area contributed by atoms with Crippen LogP contribution < -0.4 is 11.3 Å². The van der Waals surface area contributed by atoms with Gasteiger partial charge in [-0.25, -0.2) is 0 Å². The maximum atomic E-state index is 12.2. The molecule has 2 heterocycles. The van der Waals surface area contributed by atoms with Crippen LogP contribution in [-0.2, 0) is 11.3 Å². The third kappa shape index (κ3) is 2.56. The summed E-state index contributed by atoms with van der Waals surface area (Å²) in [5.41, 5.74) is 6.72. The first kappa shape index (κ1) is 12.3. The van der Waals surface area contributed by atoms with E-state index >= 15 is 0 Å². The van der Waals surface area contributed by atoms with Gasteiger partial charge in [-0.1, -0.05) is 12.2 Å². The third-order valence-electron chi connectivity index (χ3n) is 3.07. The Morgan fingerprint density at radius 2 is 2.41 bits per heavy atom. The van der Waals surface area contributed by atoms with Crippen molar-refractivity contribution in [1.82, 2.24) is 4.57 Å². The monoisotopic (exact) mass is 252 g/mol. The number of nitrogens with zero attached hydrogens (tertiary/aromatic N) is 1. The molecule has 1 aliphatic heterocycles. The molecule has 0 aliphatic carbocycles. The number of aromatic nitrogens is 1. The maximum absolute atomic E-state index is 12.2. The van der Waals surface area contributed by atoms with E-state index in [4.69, 9.17) is 22.7 Å². The van der Waals surface area contributed by atoms with Crippen LogP contribution >= 0.6 is 12.2 Å². The van der Waals surface area contributed by atoms with Crippen LogP contribution in [0, 0.1) is 6.92 Å². The van der Waals surface area contributed by atoms with Gasteiger partial charge in [-0.05, 0) is 31.9 Å². The average molecular weight is 252 g/mol. The third-order valence-corrected chi connectivity index (χ3v) is 3.29. The zero-order chi connectivity index (χ0) is 12.4. The SMILES string of the molecule is Cc1ccc(C(N)=S)c(=O)n1CC1CCCO1. The normalized spacial score (nSPS) is 19.5. The first-order chi connectivity index (χ1) is 8.09. The van der Waals surface area contributed by atoms with Crippen LogP contribution in [0.25, 0.3) is 0 Å². The van der Waals surface area contributed by atoms with Crippen molar-refractivity contribution in [1.29, 1.82) is 0 Å². The molecule has 2 N–H and O–H groups in total. The minimum absolute atomic E-state index is 0.118. The van der Waals surface area contributed by atoms with Gasteiger partial charge < -0.3 is 15.0 Å². The van der Waals surface area contributed by atoms with Crippen molar-refractivity contribution in [3.05, 3.63) is 33.7 Å². The Hall–Kier alpha value is -1.20. The van der Waals surface area contributed by atoms with Gasteiger partial charge in [0.1, 0.15) is 4.99 Å². The molecule has 0 bridgehead atoms. The van der Waals surface area contributed by atoms with E-state index in [1.807, 2.05) is 13.0 Å². The van der Waals surface area contributed by atoms with Gasteiger partial charge in [0, 0.05) is 12.3 Å². The van der Waals surface area contributed by atoms with E-state index in [1.165, 1.54) is 0 Å². The predicted molar refractivity (Wildman–Crippen MR) is 70.3 cm³/mol. The van der Waals surface area contributed by atoms with Crippen LogP contribution in [-0.4, -0.2) is 22.3 Å². The summed E-state index contributed by atoms with van der Waals surface area (Å²) in [6.45, 7) is 3.27. The van der Waals surface area contributed by atoms with Crippen molar-refractivity contribution in [2.75, 3.05) is 6.61 Å². The lowest BCUT2D eigenvalue weighted by atomic mass is 10.2. The van der Waals surface area contributed by atoms with Crippen molar-refractivity contribution in [2.45, 2.75) is 32.4 Å². The van der Waals surface area contributed by atoms with Gasteiger partial charge in [-0.3, -0.25) is 4.79 Å². The molecule has 5 heteroatoms. The highest BCUT2D eigenvalue weighted by Gasteiger charge is 2.18. The topological polar surface area (TPSA) is 57.2 Å². The van der Waals surface area contributed by atoms with Gasteiger partial charge in [-0.15, -0.1) is 0 Å². The van der Waals surface area contributed by atoms with Crippen molar-refractivity contribution >= 4 is 17.2 Å². The van der Waals surface area contributed by atoms with Gasteiger partial charge in [0.15, 0.2) is 0 Å². The summed E-state index contributed by atoms with van der Waals surface area (Å²) in [5.74, 6) is 0. The molecule has 4 nitrogen and oxygen atoms in total.